The molecule has 5 amide bonds. The third kappa shape index (κ3) is 28.3. The molecule has 25 heteroatoms. The number of hydrogen-bond donors (Lipinski definition) is 2. The van der Waals surface area contributed by atoms with Gasteiger partial charge < -0.3 is 39.2 Å². The smallest absolute Gasteiger partial charge is 0.288 e. The van der Waals surface area contributed by atoms with Gasteiger partial charge in [-0.1, -0.05) is 169 Å². The Labute approximate surface area is 661 Å². The number of unbranched alkanes of at least 4 members (excludes halogenated alkanes) is 2. The van der Waals surface area contributed by atoms with Crippen LogP contribution in [0.2, 0.25) is 5.02 Å². The summed E-state index contributed by atoms with van der Waals surface area (Å²) in [5.74, 6) is -0.899. The Bertz CT molecular complexity index is 4360. The van der Waals surface area contributed by atoms with E-state index in [0.717, 1.165) is 115 Å². The van der Waals surface area contributed by atoms with Crippen LogP contribution in [0.15, 0.2) is 176 Å². The maximum atomic E-state index is 13.9. The summed E-state index contributed by atoms with van der Waals surface area (Å²) in [6.07, 6.45) is 18.7. The number of carbonyl (C=O) groups is 5. The summed E-state index contributed by atoms with van der Waals surface area (Å²) in [6.45, 7) is 20.4. The van der Waals surface area contributed by atoms with Gasteiger partial charge in [0.05, 0.1) is 44.9 Å². The highest BCUT2D eigenvalue weighted by atomic mass is 35.5. The molecule has 6 aromatic carbocycles. The molecule has 0 radical (unpaired) electrons. The average molecular weight is 1560 g/mol. The first-order chi connectivity index (χ1) is 53.1. The SMILES string of the molecule is CC(CC(=O)NCCCN(C(=O)c1cc([N+](=O)[O-])cc([N+](=O)[O-])c1)c1ccccc1)CC(C)(C)C.CCCCC/C(=C\c1ccccc1)CN(CCc1c[nH]c2ccccc12)C(=O)c1ccc(Cl)c([N+](=O)[O-])c1.CCOCCCN(CC(=O)N(Cc1cccn1Cc1ccc(F)cc1)C1CCCCC1)C(=O)C(C)(C)CCl. The Morgan fingerprint density at radius 3 is 2.03 bits per heavy atom. The van der Waals surface area contributed by atoms with Gasteiger partial charge in [0.15, 0.2) is 0 Å². The molecule has 1 fully saturated rings. The predicted octanol–water partition coefficient (Wildman–Crippen LogP) is 19.1. The fourth-order valence-electron chi connectivity index (χ4n) is 13.7. The molecule has 1 aliphatic carbocycles. The van der Waals surface area contributed by atoms with Crippen molar-refractivity contribution in [2.45, 2.75) is 164 Å². The quantitative estimate of drug-likeness (QED) is 0.0159. The number of H-pyrrole nitrogens is 1. The second-order valence-electron chi connectivity index (χ2n) is 30.1. The van der Waals surface area contributed by atoms with E-state index < -0.39 is 37.5 Å². The molecule has 2 heterocycles. The average Bonchev–Trinajstić information content (AvgIpc) is 1.63. The number of para-hydroxylation sites is 2. The van der Waals surface area contributed by atoms with Crippen molar-refractivity contribution in [1.29, 1.82) is 0 Å². The number of benzene rings is 6. The number of nitro benzene ring substituents is 3. The molecule has 1 atom stereocenters. The number of halogens is 3. The van der Waals surface area contributed by atoms with Crippen LogP contribution in [0.1, 0.15) is 182 Å². The third-order valence-electron chi connectivity index (χ3n) is 19.2. The Morgan fingerprint density at radius 1 is 0.721 bits per heavy atom. The number of hydrogen-bond acceptors (Lipinski definition) is 12. The van der Waals surface area contributed by atoms with Gasteiger partial charge in [0.25, 0.3) is 28.9 Å². The van der Waals surface area contributed by atoms with E-state index in [2.05, 4.69) is 66.8 Å². The van der Waals surface area contributed by atoms with Gasteiger partial charge in [0, 0.05) is 129 Å². The van der Waals surface area contributed by atoms with E-state index in [1.807, 2.05) is 93.5 Å². The van der Waals surface area contributed by atoms with E-state index in [-0.39, 0.29) is 87.6 Å². The number of fused-ring (bicyclic) bond motifs is 1. The molecule has 2 N–H and O–H groups in total. The van der Waals surface area contributed by atoms with Gasteiger partial charge in [-0.15, -0.1) is 11.6 Å². The summed E-state index contributed by atoms with van der Waals surface area (Å²) in [5, 5.41) is 38.0. The molecule has 594 valence electrons. The van der Waals surface area contributed by atoms with E-state index in [1.54, 1.807) is 58.3 Å². The van der Waals surface area contributed by atoms with E-state index in [9.17, 15) is 58.7 Å². The fraction of sp³-hybridized carbons (Fsp3) is 0.430. The van der Waals surface area contributed by atoms with Gasteiger partial charge >= 0.3 is 0 Å². The number of ether oxygens (including phenoxy) is 1. The molecule has 0 bridgehead atoms. The lowest BCUT2D eigenvalue weighted by Crippen LogP contribution is -2.50. The van der Waals surface area contributed by atoms with Gasteiger partial charge in [-0.25, -0.2) is 4.39 Å². The molecule has 111 heavy (non-hydrogen) atoms. The lowest BCUT2D eigenvalue weighted by Gasteiger charge is -2.37. The minimum atomic E-state index is -0.771. The number of amides is 5. The zero-order valence-corrected chi connectivity index (χ0v) is 66.7. The third-order valence-corrected chi connectivity index (χ3v) is 20.2. The Hall–Kier alpha value is -10.1. The second-order valence-corrected chi connectivity index (χ2v) is 30.8. The topological polar surface area (TPSA) is 270 Å². The molecule has 8 aromatic rings. The number of nitrogens with one attached hydrogen (secondary N) is 2. The van der Waals surface area contributed by atoms with Crippen LogP contribution >= 0.6 is 23.2 Å². The second kappa shape index (κ2) is 44.1. The summed E-state index contributed by atoms with van der Waals surface area (Å²) < 4.78 is 21.0. The molecular formula is C86H107Cl2FN10O12. The van der Waals surface area contributed by atoms with Crippen molar-refractivity contribution < 1.29 is 47.9 Å². The van der Waals surface area contributed by atoms with Crippen LogP contribution in [-0.4, -0.2) is 133 Å². The zero-order valence-electron chi connectivity index (χ0n) is 65.2. The molecule has 0 aliphatic heterocycles. The molecule has 0 saturated heterocycles. The summed E-state index contributed by atoms with van der Waals surface area (Å²) in [6, 6.07) is 44.7. The van der Waals surface area contributed by atoms with Crippen molar-refractivity contribution >= 4 is 92.5 Å². The van der Waals surface area contributed by atoms with Crippen molar-refractivity contribution in [3.05, 3.63) is 250 Å². The van der Waals surface area contributed by atoms with Crippen molar-refractivity contribution in [3.8, 4) is 0 Å². The van der Waals surface area contributed by atoms with Crippen molar-refractivity contribution in [3.63, 3.8) is 0 Å². The van der Waals surface area contributed by atoms with Gasteiger partial charge in [-0.3, -0.25) is 54.3 Å². The number of nitrogens with zero attached hydrogens (tertiary/aromatic N) is 8. The van der Waals surface area contributed by atoms with Crippen LogP contribution in [0.4, 0.5) is 27.1 Å². The highest BCUT2D eigenvalue weighted by Crippen LogP contribution is 2.32. The summed E-state index contributed by atoms with van der Waals surface area (Å²) in [5.41, 5.74) is 5.11. The van der Waals surface area contributed by atoms with Gasteiger partial charge in [0.2, 0.25) is 17.7 Å². The Balaban J connectivity index is 0.000000232. The van der Waals surface area contributed by atoms with Crippen LogP contribution in [0.5, 0.6) is 0 Å². The fourth-order valence-corrected chi connectivity index (χ4v) is 14.0. The Morgan fingerprint density at radius 2 is 1.39 bits per heavy atom. The lowest BCUT2D eigenvalue weighted by atomic mass is 9.84. The van der Waals surface area contributed by atoms with Gasteiger partial charge in [-0.05, 0) is 155 Å². The highest BCUT2D eigenvalue weighted by Gasteiger charge is 2.35. The number of carbonyl (C=O) groups excluding carboxylic acids is 5. The number of non-ortho nitro benzene ring substituents is 2. The molecule has 9 rings (SSSR count). The molecule has 1 unspecified atom stereocenters. The summed E-state index contributed by atoms with van der Waals surface area (Å²) >= 11 is 12.2. The zero-order chi connectivity index (χ0) is 80.6. The molecule has 0 spiro atoms. The van der Waals surface area contributed by atoms with Gasteiger partial charge in [0.1, 0.15) is 10.8 Å². The molecule has 2 aromatic heterocycles. The van der Waals surface area contributed by atoms with Crippen molar-refractivity contribution in [2.24, 2.45) is 16.7 Å². The van der Waals surface area contributed by atoms with E-state index in [1.165, 1.54) is 35.6 Å². The van der Waals surface area contributed by atoms with Crippen molar-refractivity contribution in [2.75, 3.05) is 63.3 Å². The Kier molecular flexibility index (Phi) is 35.0. The molecule has 1 saturated carbocycles. The van der Waals surface area contributed by atoms with Crippen LogP contribution in [0, 0.1) is 52.9 Å². The maximum absolute atomic E-state index is 13.9. The normalized spacial score (nSPS) is 12.7. The van der Waals surface area contributed by atoms with Gasteiger partial charge in [-0.2, -0.15) is 0 Å². The van der Waals surface area contributed by atoms with Crippen LogP contribution < -0.4 is 10.2 Å². The number of rotatable bonds is 37. The standard InChI is InChI=1S/C31H32ClN3O3.C30H43ClFN3O3.C25H32N4O6/c1-2-3-5-12-24(19-23-10-6-4-7-11-23)22-34(18-17-26-21-33-29-14-9-8-13-27(26)29)31(36)25-15-16-28(32)30(20-25)35(37)38;1-4-38-19-9-18-34(29(37)30(2,3)23-31)22-28(36)35(26-10-6-5-7-11-26)21-27-12-8-17-33(27)20-24-13-15-25(32)16-14-24;1-18(17-25(2,3)4)13-23(30)26-11-8-12-27(20-9-6-5-7-10-20)24(31)19-14-21(28(32)33)16-22(15-19)29(34)35/h4,6-11,13-16,19-21,33H,2-3,5,12,17-18,22H2,1H3;8,12-17,26H,4-7,9-11,18-23H2,1-3H3;5-7,9-10,14-16,18H,8,11-13,17H2,1-4H3,(H,26,30)/b24-19+;;. The van der Waals surface area contributed by atoms with Crippen LogP contribution in [-0.2, 0) is 38.6 Å². The first kappa shape index (κ1) is 88.1. The minimum absolute atomic E-state index is 0.0149. The molecule has 22 nitrogen and oxygen atoms in total. The van der Waals surface area contributed by atoms with E-state index in [0.29, 0.717) is 83.9 Å². The monoisotopic (exact) mass is 1560 g/mol. The first-order valence-electron chi connectivity index (χ1n) is 38.3. The lowest BCUT2D eigenvalue weighted by molar-refractivity contribution is -0.394. The molecule has 1 aliphatic rings. The van der Waals surface area contributed by atoms with Crippen LogP contribution in [0.3, 0.4) is 0 Å². The van der Waals surface area contributed by atoms with E-state index in [4.69, 9.17) is 27.9 Å². The summed E-state index contributed by atoms with van der Waals surface area (Å²) in [7, 11) is 0. The number of aromatic nitrogens is 2. The number of nitro groups is 3. The predicted molar refractivity (Wildman–Crippen MR) is 437 cm³/mol. The number of alkyl halides is 1. The number of anilines is 1. The number of aromatic amines is 1. The van der Waals surface area contributed by atoms with Crippen molar-refractivity contribution in [1.82, 2.24) is 29.6 Å². The largest absolute Gasteiger partial charge is 0.382 e. The maximum Gasteiger partial charge on any atom is 0.288 e. The first-order valence-corrected chi connectivity index (χ1v) is 39.2. The molecular weight excluding hydrogens is 1450 g/mol. The minimum Gasteiger partial charge on any atom is -0.382 e. The van der Waals surface area contributed by atoms with Crippen LogP contribution in [0.25, 0.3) is 17.0 Å². The highest BCUT2D eigenvalue weighted by molar-refractivity contribution is 6.32. The van der Waals surface area contributed by atoms with E-state index >= 15 is 0 Å². The summed E-state index contributed by atoms with van der Waals surface area (Å²) in [4.78, 5) is 109.